The number of aromatic hydroxyl groups is 1. The van der Waals surface area contributed by atoms with Gasteiger partial charge in [-0.1, -0.05) is 25.5 Å². The smallest absolute Gasteiger partial charge is 0.137 e. The summed E-state index contributed by atoms with van der Waals surface area (Å²) in [6.07, 6.45) is 4.01. The van der Waals surface area contributed by atoms with Crippen molar-refractivity contribution in [3.8, 4) is 5.75 Å². The molecule has 1 aromatic carbocycles. The number of rotatable bonds is 8. The van der Waals surface area contributed by atoms with Crippen molar-refractivity contribution in [1.82, 2.24) is 0 Å². The summed E-state index contributed by atoms with van der Waals surface area (Å²) in [5, 5.41) is 9.33. The number of hydrogen-bond acceptors (Lipinski definition) is 3. The van der Waals surface area contributed by atoms with Crippen LogP contribution >= 0.6 is 0 Å². The molecule has 0 saturated heterocycles. The molecule has 1 atom stereocenters. The molecule has 0 aromatic heterocycles. The highest BCUT2D eigenvalue weighted by Crippen LogP contribution is 2.17. The summed E-state index contributed by atoms with van der Waals surface area (Å²) >= 11 is 0. The Morgan fingerprint density at radius 3 is 2.78 bits per heavy atom. The molecule has 0 fully saturated rings. The van der Waals surface area contributed by atoms with E-state index in [-0.39, 0.29) is 11.5 Å². The van der Waals surface area contributed by atoms with Gasteiger partial charge in [-0.3, -0.25) is 4.79 Å². The molecular weight excluding hydrogens is 226 g/mol. The number of carbonyl (C=O) groups is 1. The van der Waals surface area contributed by atoms with Crippen LogP contribution in [0.15, 0.2) is 24.3 Å². The molecule has 1 rings (SSSR count). The van der Waals surface area contributed by atoms with Crippen LogP contribution in [0, 0.1) is 5.92 Å². The van der Waals surface area contributed by atoms with Crippen LogP contribution in [-0.4, -0.2) is 17.4 Å². The van der Waals surface area contributed by atoms with Gasteiger partial charge in [0.05, 0.1) is 0 Å². The average molecular weight is 249 g/mol. The maximum atomic E-state index is 11.8. The summed E-state index contributed by atoms with van der Waals surface area (Å²) in [6, 6.07) is 6.90. The Balaban J connectivity index is 2.37. The van der Waals surface area contributed by atoms with Crippen LogP contribution in [0.3, 0.4) is 0 Å². The van der Waals surface area contributed by atoms with Crippen LogP contribution in [0.2, 0.25) is 0 Å². The van der Waals surface area contributed by atoms with Gasteiger partial charge in [0.15, 0.2) is 0 Å². The second kappa shape index (κ2) is 7.88. The van der Waals surface area contributed by atoms with Crippen LogP contribution in [0.4, 0.5) is 0 Å². The van der Waals surface area contributed by atoms with Gasteiger partial charge in [-0.15, -0.1) is 0 Å². The molecule has 1 aromatic rings. The summed E-state index contributed by atoms with van der Waals surface area (Å²) in [5.41, 5.74) is 6.42. The van der Waals surface area contributed by atoms with Crippen LogP contribution < -0.4 is 5.73 Å². The van der Waals surface area contributed by atoms with E-state index in [1.54, 1.807) is 18.2 Å². The number of phenolic OH excluding ortho intramolecular Hbond substituents is 1. The molecule has 0 saturated carbocycles. The summed E-state index contributed by atoms with van der Waals surface area (Å²) in [5.74, 6) is 1.01. The van der Waals surface area contributed by atoms with Gasteiger partial charge in [-0.2, -0.15) is 0 Å². The van der Waals surface area contributed by atoms with Crippen LogP contribution in [0.5, 0.6) is 5.75 Å². The largest absolute Gasteiger partial charge is 0.508 e. The van der Waals surface area contributed by atoms with Gasteiger partial charge in [0.2, 0.25) is 0 Å². The van der Waals surface area contributed by atoms with Gasteiger partial charge in [0.1, 0.15) is 11.5 Å². The minimum Gasteiger partial charge on any atom is -0.508 e. The minimum absolute atomic E-state index is 0.217. The molecule has 0 aliphatic rings. The molecule has 0 amide bonds. The van der Waals surface area contributed by atoms with Crippen molar-refractivity contribution in [2.75, 3.05) is 6.54 Å². The normalized spacial score (nSPS) is 12.3. The molecule has 0 bridgehead atoms. The highest BCUT2D eigenvalue weighted by Gasteiger charge is 2.09. The topological polar surface area (TPSA) is 63.3 Å². The minimum atomic E-state index is 0.217. The molecule has 0 heterocycles. The van der Waals surface area contributed by atoms with Crippen molar-refractivity contribution in [2.24, 2.45) is 11.7 Å². The first-order chi connectivity index (χ1) is 8.65. The fraction of sp³-hybridized carbons (Fsp3) is 0.533. The van der Waals surface area contributed by atoms with E-state index in [4.69, 9.17) is 5.73 Å². The van der Waals surface area contributed by atoms with Crippen molar-refractivity contribution in [2.45, 2.75) is 39.0 Å². The Labute approximate surface area is 109 Å². The molecular formula is C15H23NO2. The molecule has 0 spiro atoms. The molecule has 3 heteroatoms. The first-order valence-electron chi connectivity index (χ1n) is 6.65. The van der Waals surface area contributed by atoms with E-state index < -0.39 is 0 Å². The zero-order chi connectivity index (χ0) is 13.4. The molecule has 0 aliphatic carbocycles. The van der Waals surface area contributed by atoms with Crippen molar-refractivity contribution in [3.05, 3.63) is 29.8 Å². The quantitative estimate of drug-likeness (QED) is 0.744. The molecule has 0 aliphatic heterocycles. The van der Waals surface area contributed by atoms with E-state index in [0.717, 1.165) is 24.8 Å². The zero-order valence-electron chi connectivity index (χ0n) is 11.1. The first kappa shape index (κ1) is 14.7. The maximum absolute atomic E-state index is 11.8. The van der Waals surface area contributed by atoms with Crippen molar-refractivity contribution < 1.29 is 9.90 Å². The third-order valence-corrected chi connectivity index (χ3v) is 3.30. The Hall–Kier alpha value is -1.35. The Morgan fingerprint density at radius 1 is 1.39 bits per heavy atom. The number of ketones is 1. The summed E-state index contributed by atoms with van der Waals surface area (Å²) in [7, 11) is 0. The maximum Gasteiger partial charge on any atom is 0.137 e. The second-order valence-electron chi connectivity index (χ2n) is 4.78. The molecule has 3 N–H and O–H groups in total. The number of nitrogens with two attached hydrogens (primary N) is 1. The van der Waals surface area contributed by atoms with Crippen LogP contribution in [0.1, 0.15) is 38.2 Å². The number of Topliss-reactive ketones (excluding diaryl/α,β-unsaturated/α-hetero) is 1. The number of phenols is 1. The lowest BCUT2D eigenvalue weighted by molar-refractivity contribution is -0.118. The van der Waals surface area contributed by atoms with E-state index in [1.165, 1.54) is 0 Å². The van der Waals surface area contributed by atoms with Crippen LogP contribution in [-0.2, 0) is 11.2 Å². The van der Waals surface area contributed by atoms with Gasteiger partial charge < -0.3 is 10.8 Å². The summed E-state index contributed by atoms with van der Waals surface area (Å²) in [6.45, 7) is 2.83. The lowest BCUT2D eigenvalue weighted by atomic mass is 9.94. The average Bonchev–Trinajstić information content (AvgIpc) is 2.34. The standard InChI is InChI=1S/C15H23NO2/c1-2-12(8-9-16)6-7-15(18)11-13-4-3-5-14(17)10-13/h3-5,10,12,17H,2,6-9,11,16H2,1H3. The predicted octanol–water partition coefficient (Wildman–Crippen LogP) is 2.66. The lowest BCUT2D eigenvalue weighted by Crippen LogP contribution is -2.11. The number of benzene rings is 1. The predicted molar refractivity (Wildman–Crippen MR) is 73.5 cm³/mol. The van der Waals surface area contributed by atoms with Gasteiger partial charge >= 0.3 is 0 Å². The van der Waals surface area contributed by atoms with Crippen molar-refractivity contribution in [3.63, 3.8) is 0 Å². The third-order valence-electron chi connectivity index (χ3n) is 3.30. The second-order valence-corrected chi connectivity index (χ2v) is 4.78. The highest BCUT2D eigenvalue weighted by atomic mass is 16.3. The molecule has 3 nitrogen and oxygen atoms in total. The Bertz CT molecular complexity index is 377. The highest BCUT2D eigenvalue weighted by molar-refractivity contribution is 5.80. The fourth-order valence-corrected chi connectivity index (χ4v) is 2.14. The third kappa shape index (κ3) is 5.32. The molecule has 1 unspecified atom stereocenters. The van der Waals surface area contributed by atoms with Crippen LogP contribution in [0.25, 0.3) is 0 Å². The Kier molecular flexibility index (Phi) is 6.44. The summed E-state index contributed by atoms with van der Waals surface area (Å²) in [4.78, 5) is 11.8. The zero-order valence-corrected chi connectivity index (χ0v) is 11.1. The van der Waals surface area contributed by atoms with Gasteiger partial charge in [0, 0.05) is 12.8 Å². The van der Waals surface area contributed by atoms with E-state index >= 15 is 0 Å². The van der Waals surface area contributed by atoms with Crippen molar-refractivity contribution in [1.29, 1.82) is 0 Å². The van der Waals surface area contributed by atoms with Gasteiger partial charge in [-0.25, -0.2) is 0 Å². The number of carbonyl (C=O) groups excluding carboxylic acids is 1. The van der Waals surface area contributed by atoms with E-state index in [0.29, 0.717) is 25.3 Å². The SMILES string of the molecule is CCC(CCN)CCC(=O)Cc1cccc(O)c1. The van der Waals surface area contributed by atoms with E-state index in [1.807, 2.05) is 6.07 Å². The molecule has 100 valence electrons. The molecule has 18 heavy (non-hydrogen) atoms. The Morgan fingerprint density at radius 2 is 2.17 bits per heavy atom. The van der Waals surface area contributed by atoms with Gasteiger partial charge in [-0.05, 0) is 43.0 Å². The monoisotopic (exact) mass is 249 g/mol. The fourth-order valence-electron chi connectivity index (χ4n) is 2.14. The van der Waals surface area contributed by atoms with E-state index in [2.05, 4.69) is 6.92 Å². The molecule has 0 radical (unpaired) electrons. The van der Waals surface area contributed by atoms with Crippen molar-refractivity contribution >= 4 is 5.78 Å². The summed E-state index contributed by atoms with van der Waals surface area (Å²) < 4.78 is 0. The lowest BCUT2D eigenvalue weighted by Gasteiger charge is -2.12. The van der Waals surface area contributed by atoms with E-state index in [9.17, 15) is 9.90 Å². The van der Waals surface area contributed by atoms with Gasteiger partial charge in [0.25, 0.3) is 0 Å². The number of hydrogen-bond donors (Lipinski definition) is 2. The first-order valence-corrected chi connectivity index (χ1v) is 6.65.